The van der Waals surface area contributed by atoms with Gasteiger partial charge < -0.3 is 0 Å². The summed E-state index contributed by atoms with van der Waals surface area (Å²) in [7, 11) is 0. The largest absolute Gasteiger partial charge is 0.227 e. The standard InChI is InChI=1S/C12H7Cl4NS/c13-8-3-1-7(2-4-8)6-18-12-10(15)5-9(14)11(16)17-12/h1-5H,6H2. The number of pyridine rings is 1. The highest BCUT2D eigenvalue weighted by Gasteiger charge is 2.08. The predicted octanol–water partition coefficient (Wildman–Crippen LogP) is 5.99. The van der Waals surface area contributed by atoms with E-state index < -0.39 is 0 Å². The SMILES string of the molecule is Clc1ccc(CSc2nc(Cl)c(Cl)cc2Cl)cc1. The molecule has 0 amide bonds. The first-order valence-electron chi connectivity index (χ1n) is 4.95. The van der Waals surface area contributed by atoms with Gasteiger partial charge in [0.2, 0.25) is 0 Å². The van der Waals surface area contributed by atoms with Crippen LogP contribution in [0.25, 0.3) is 0 Å². The molecule has 0 atom stereocenters. The number of thioether (sulfide) groups is 1. The zero-order chi connectivity index (χ0) is 13.1. The van der Waals surface area contributed by atoms with Gasteiger partial charge in [-0.3, -0.25) is 0 Å². The maximum absolute atomic E-state index is 6.05. The summed E-state index contributed by atoms with van der Waals surface area (Å²) in [5.74, 6) is 0.738. The van der Waals surface area contributed by atoms with Crippen LogP contribution in [-0.4, -0.2) is 4.98 Å². The van der Waals surface area contributed by atoms with Crippen molar-refractivity contribution in [3.05, 3.63) is 56.1 Å². The third kappa shape index (κ3) is 3.69. The molecule has 1 nitrogen and oxygen atoms in total. The zero-order valence-electron chi connectivity index (χ0n) is 8.96. The van der Waals surface area contributed by atoms with Crippen molar-refractivity contribution in [1.82, 2.24) is 4.98 Å². The van der Waals surface area contributed by atoms with E-state index in [2.05, 4.69) is 4.98 Å². The molecule has 0 bridgehead atoms. The summed E-state index contributed by atoms with van der Waals surface area (Å²) in [6.07, 6.45) is 0. The van der Waals surface area contributed by atoms with Crippen LogP contribution in [0.3, 0.4) is 0 Å². The Labute approximate surface area is 129 Å². The molecule has 2 aromatic rings. The van der Waals surface area contributed by atoms with Gasteiger partial charge in [-0.2, -0.15) is 0 Å². The third-order valence-corrected chi connectivity index (χ3v) is 4.53. The minimum Gasteiger partial charge on any atom is -0.227 e. The first kappa shape index (κ1) is 14.3. The molecule has 0 aliphatic heterocycles. The molecule has 18 heavy (non-hydrogen) atoms. The normalized spacial score (nSPS) is 10.7. The Hall–Kier alpha value is -0.120. The fraction of sp³-hybridized carbons (Fsp3) is 0.0833. The molecule has 0 spiro atoms. The van der Waals surface area contributed by atoms with Crippen LogP contribution in [0, 0.1) is 0 Å². The van der Waals surface area contributed by atoms with E-state index in [1.165, 1.54) is 11.8 Å². The first-order valence-corrected chi connectivity index (χ1v) is 7.45. The van der Waals surface area contributed by atoms with E-state index >= 15 is 0 Å². The van der Waals surface area contributed by atoms with Crippen LogP contribution in [0.4, 0.5) is 0 Å². The fourth-order valence-electron chi connectivity index (χ4n) is 1.26. The van der Waals surface area contributed by atoms with Crippen molar-refractivity contribution in [3.63, 3.8) is 0 Å². The van der Waals surface area contributed by atoms with Crippen molar-refractivity contribution in [1.29, 1.82) is 0 Å². The van der Waals surface area contributed by atoms with Crippen molar-refractivity contribution in [2.24, 2.45) is 0 Å². The molecule has 1 heterocycles. The van der Waals surface area contributed by atoms with E-state index in [1.807, 2.05) is 24.3 Å². The van der Waals surface area contributed by atoms with Crippen LogP contribution in [0.15, 0.2) is 35.4 Å². The fourth-order valence-corrected chi connectivity index (χ4v) is 2.95. The predicted molar refractivity (Wildman–Crippen MR) is 80.3 cm³/mol. The maximum Gasteiger partial charge on any atom is 0.149 e. The summed E-state index contributed by atoms with van der Waals surface area (Å²) in [6.45, 7) is 0. The molecule has 0 saturated heterocycles. The highest BCUT2D eigenvalue weighted by molar-refractivity contribution is 7.98. The molecule has 6 heteroatoms. The molecule has 0 unspecified atom stereocenters. The number of benzene rings is 1. The summed E-state index contributed by atoms with van der Waals surface area (Å²) < 4.78 is 0. The molecule has 0 saturated carbocycles. The Kier molecular flexibility index (Phi) is 5.05. The smallest absolute Gasteiger partial charge is 0.149 e. The number of rotatable bonds is 3. The van der Waals surface area contributed by atoms with Gasteiger partial charge >= 0.3 is 0 Å². The van der Waals surface area contributed by atoms with Gasteiger partial charge in [-0.15, -0.1) is 11.8 Å². The molecular weight excluding hydrogens is 332 g/mol. The lowest BCUT2D eigenvalue weighted by molar-refractivity contribution is 1.13. The lowest BCUT2D eigenvalue weighted by atomic mass is 10.2. The Morgan fingerprint density at radius 2 is 1.61 bits per heavy atom. The quantitative estimate of drug-likeness (QED) is 0.503. The van der Waals surface area contributed by atoms with Gasteiger partial charge in [-0.1, -0.05) is 58.5 Å². The van der Waals surface area contributed by atoms with Gasteiger partial charge in [0.15, 0.2) is 0 Å². The summed E-state index contributed by atoms with van der Waals surface area (Å²) in [5, 5.41) is 2.51. The summed E-state index contributed by atoms with van der Waals surface area (Å²) in [6, 6.07) is 9.22. The Morgan fingerprint density at radius 1 is 0.944 bits per heavy atom. The highest BCUT2D eigenvalue weighted by Crippen LogP contribution is 2.33. The minimum absolute atomic E-state index is 0.264. The van der Waals surface area contributed by atoms with Crippen molar-refractivity contribution in [3.8, 4) is 0 Å². The molecule has 0 N–H and O–H groups in total. The van der Waals surface area contributed by atoms with Gasteiger partial charge in [0.25, 0.3) is 0 Å². The zero-order valence-corrected chi connectivity index (χ0v) is 12.8. The first-order chi connectivity index (χ1) is 8.56. The van der Waals surface area contributed by atoms with Crippen LogP contribution < -0.4 is 0 Å². The second kappa shape index (κ2) is 6.36. The molecular formula is C12H7Cl4NS. The van der Waals surface area contributed by atoms with Crippen molar-refractivity contribution in [2.75, 3.05) is 0 Å². The number of aromatic nitrogens is 1. The van der Waals surface area contributed by atoms with E-state index in [0.29, 0.717) is 15.1 Å². The van der Waals surface area contributed by atoms with Crippen LogP contribution >= 0.6 is 58.2 Å². The van der Waals surface area contributed by atoms with Gasteiger partial charge in [-0.25, -0.2) is 4.98 Å². The molecule has 0 aliphatic carbocycles. The minimum atomic E-state index is 0.264. The number of hydrogen-bond donors (Lipinski definition) is 0. The van der Waals surface area contributed by atoms with E-state index in [1.54, 1.807) is 6.07 Å². The molecule has 0 aliphatic rings. The van der Waals surface area contributed by atoms with E-state index in [-0.39, 0.29) is 5.15 Å². The van der Waals surface area contributed by atoms with Crippen LogP contribution in [0.2, 0.25) is 20.2 Å². The van der Waals surface area contributed by atoms with Crippen LogP contribution in [0.5, 0.6) is 0 Å². The maximum atomic E-state index is 6.05. The van der Waals surface area contributed by atoms with Gasteiger partial charge in [0.05, 0.1) is 10.0 Å². The molecule has 0 fully saturated rings. The molecule has 2 rings (SSSR count). The van der Waals surface area contributed by atoms with Crippen molar-refractivity contribution in [2.45, 2.75) is 10.8 Å². The van der Waals surface area contributed by atoms with Crippen molar-refractivity contribution >= 4 is 58.2 Å². The average molecular weight is 339 g/mol. The van der Waals surface area contributed by atoms with Crippen molar-refractivity contribution < 1.29 is 0 Å². The summed E-state index contributed by atoms with van der Waals surface area (Å²) in [5.41, 5.74) is 1.13. The topological polar surface area (TPSA) is 12.9 Å². The number of halogens is 4. The van der Waals surface area contributed by atoms with Gasteiger partial charge in [0, 0.05) is 10.8 Å². The second-order valence-corrected chi connectivity index (χ2v) is 6.04. The summed E-state index contributed by atoms with van der Waals surface area (Å²) in [4.78, 5) is 4.14. The third-order valence-electron chi connectivity index (χ3n) is 2.14. The number of hydrogen-bond acceptors (Lipinski definition) is 2. The van der Waals surface area contributed by atoms with E-state index in [4.69, 9.17) is 46.4 Å². The highest BCUT2D eigenvalue weighted by atomic mass is 35.5. The average Bonchev–Trinajstić information content (AvgIpc) is 2.34. The van der Waals surface area contributed by atoms with Crippen LogP contribution in [-0.2, 0) is 5.75 Å². The molecule has 94 valence electrons. The lowest BCUT2D eigenvalue weighted by Gasteiger charge is -2.05. The summed E-state index contributed by atoms with van der Waals surface area (Å²) >= 11 is 25.0. The van der Waals surface area contributed by atoms with E-state index in [0.717, 1.165) is 16.3 Å². The Balaban J connectivity index is 2.10. The Morgan fingerprint density at radius 3 is 2.28 bits per heavy atom. The molecule has 0 radical (unpaired) electrons. The molecule has 1 aromatic carbocycles. The van der Waals surface area contributed by atoms with Gasteiger partial charge in [0.1, 0.15) is 10.2 Å². The number of nitrogens with zero attached hydrogens (tertiary/aromatic N) is 1. The van der Waals surface area contributed by atoms with Gasteiger partial charge in [-0.05, 0) is 23.8 Å². The lowest BCUT2D eigenvalue weighted by Crippen LogP contribution is -1.86. The van der Waals surface area contributed by atoms with E-state index in [9.17, 15) is 0 Å². The van der Waals surface area contributed by atoms with Crippen LogP contribution in [0.1, 0.15) is 5.56 Å². The Bertz CT molecular complexity index is 557. The second-order valence-electron chi connectivity index (χ2n) is 3.46. The monoisotopic (exact) mass is 337 g/mol. The molecule has 1 aromatic heterocycles.